The van der Waals surface area contributed by atoms with Gasteiger partial charge in [0.05, 0.1) is 12.3 Å². The van der Waals surface area contributed by atoms with Crippen LogP contribution >= 0.6 is 0 Å². The predicted octanol–water partition coefficient (Wildman–Crippen LogP) is 0.562. The molecule has 1 N–H and O–H groups in total. The Morgan fingerprint density at radius 1 is 1.78 bits per heavy atom. The molecule has 50 valence electrons. The number of hydrogen-bond donors (Lipinski definition) is 1. The van der Waals surface area contributed by atoms with Gasteiger partial charge in [-0.05, 0) is 6.42 Å². The van der Waals surface area contributed by atoms with Gasteiger partial charge in [0, 0.05) is 0 Å². The van der Waals surface area contributed by atoms with Crippen LogP contribution < -0.4 is 0 Å². The molecule has 0 aliphatic carbocycles. The van der Waals surface area contributed by atoms with Gasteiger partial charge < -0.3 is 5.21 Å². The van der Waals surface area contributed by atoms with Gasteiger partial charge in [-0.3, -0.25) is 0 Å². The Kier molecular flexibility index (Phi) is 4.36. The summed E-state index contributed by atoms with van der Waals surface area (Å²) >= 11 is 0. The van der Waals surface area contributed by atoms with E-state index in [2.05, 4.69) is 10.1 Å². The minimum Gasteiger partial charge on any atom is -0.411 e. The lowest BCUT2D eigenvalue weighted by Gasteiger charge is -1.89. The van der Waals surface area contributed by atoms with Gasteiger partial charge in [-0.1, -0.05) is 12.1 Å². The van der Waals surface area contributed by atoms with Gasteiger partial charge in [-0.25, -0.2) is 4.79 Å². The third-order valence-corrected chi connectivity index (χ3v) is 0.876. The van der Waals surface area contributed by atoms with Crippen molar-refractivity contribution in [3.8, 4) is 0 Å². The van der Waals surface area contributed by atoms with Gasteiger partial charge in [-0.15, -0.1) is 0 Å². The van der Waals surface area contributed by atoms with Gasteiger partial charge in [0.2, 0.25) is 6.08 Å². The van der Waals surface area contributed by atoms with Gasteiger partial charge in [0.1, 0.15) is 0 Å². The Morgan fingerprint density at radius 3 is 2.78 bits per heavy atom. The Balaban J connectivity index is 3.71. The van der Waals surface area contributed by atoms with E-state index in [9.17, 15) is 4.79 Å². The quantitative estimate of drug-likeness (QED) is 0.261. The number of nitrogens with zero attached hydrogens (tertiary/aromatic N) is 2. The first kappa shape index (κ1) is 7.85. The standard InChI is InChI=1S/C5H8N2O2/c1-2-5(7-9)3-6-4-8/h9H,2-3H2,1H3. The Hall–Kier alpha value is -1.15. The molecule has 4 heteroatoms. The predicted molar refractivity (Wildman–Crippen MR) is 32.5 cm³/mol. The molecule has 0 atom stereocenters. The third-order valence-electron chi connectivity index (χ3n) is 0.876. The van der Waals surface area contributed by atoms with Crippen LogP contribution in [0, 0.1) is 0 Å². The molecule has 0 rings (SSSR count). The van der Waals surface area contributed by atoms with Gasteiger partial charge in [-0.2, -0.15) is 4.99 Å². The maximum atomic E-state index is 9.51. The molecule has 0 saturated heterocycles. The van der Waals surface area contributed by atoms with Crippen molar-refractivity contribution in [2.24, 2.45) is 10.1 Å². The van der Waals surface area contributed by atoms with Crippen molar-refractivity contribution in [1.82, 2.24) is 0 Å². The van der Waals surface area contributed by atoms with Crippen molar-refractivity contribution in [3.63, 3.8) is 0 Å². The highest BCUT2D eigenvalue weighted by atomic mass is 16.4. The van der Waals surface area contributed by atoms with Gasteiger partial charge in [0.25, 0.3) is 0 Å². The molecule has 0 fully saturated rings. The van der Waals surface area contributed by atoms with E-state index in [1.807, 2.05) is 6.92 Å². The monoisotopic (exact) mass is 128 g/mol. The largest absolute Gasteiger partial charge is 0.411 e. The first-order valence-corrected chi connectivity index (χ1v) is 2.58. The van der Waals surface area contributed by atoms with Crippen LogP contribution in [-0.2, 0) is 4.79 Å². The maximum absolute atomic E-state index is 9.51. The Bertz CT molecular complexity index is 147. The van der Waals surface area contributed by atoms with Crippen molar-refractivity contribution in [3.05, 3.63) is 0 Å². The van der Waals surface area contributed by atoms with Crippen molar-refractivity contribution < 1.29 is 10.0 Å². The highest BCUT2D eigenvalue weighted by molar-refractivity contribution is 5.86. The molecule has 0 aliphatic heterocycles. The van der Waals surface area contributed by atoms with Gasteiger partial charge in [0.15, 0.2) is 0 Å². The van der Waals surface area contributed by atoms with Crippen LogP contribution in [0.25, 0.3) is 0 Å². The highest BCUT2D eigenvalue weighted by Crippen LogP contribution is 1.83. The van der Waals surface area contributed by atoms with Crippen LogP contribution in [0.15, 0.2) is 10.1 Å². The highest BCUT2D eigenvalue weighted by Gasteiger charge is 1.91. The van der Waals surface area contributed by atoms with E-state index < -0.39 is 0 Å². The van der Waals surface area contributed by atoms with E-state index in [0.717, 1.165) is 0 Å². The molecular formula is C5H8N2O2. The smallest absolute Gasteiger partial charge is 0.235 e. The number of isocyanates is 1. The number of oxime groups is 1. The van der Waals surface area contributed by atoms with Crippen molar-refractivity contribution >= 4 is 11.8 Å². The fourth-order valence-corrected chi connectivity index (χ4v) is 0.338. The molecule has 0 unspecified atom stereocenters. The van der Waals surface area contributed by atoms with E-state index >= 15 is 0 Å². The zero-order valence-electron chi connectivity index (χ0n) is 5.16. The van der Waals surface area contributed by atoms with Crippen LogP contribution in [0.1, 0.15) is 13.3 Å². The molecule has 0 aliphatic rings. The number of hydrogen-bond acceptors (Lipinski definition) is 4. The SMILES string of the molecule is CCC(CN=C=O)=NO. The average molecular weight is 128 g/mol. The fraction of sp³-hybridized carbons (Fsp3) is 0.600. The molecule has 0 amide bonds. The second kappa shape index (κ2) is 5.00. The second-order valence-corrected chi connectivity index (χ2v) is 1.43. The summed E-state index contributed by atoms with van der Waals surface area (Å²) in [6.45, 7) is 1.96. The van der Waals surface area contributed by atoms with Crippen molar-refractivity contribution in [1.29, 1.82) is 0 Å². The number of carbonyl (C=O) groups excluding carboxylic acids is 1. The second-order valence-electron chi connectivity index (χ2n) is 1.43. The van der Waals surface area contributed by atoms with Crippen molar-refractivity contribution in [2.75, 3.05) is 6.54 Å². The van der Waals surface area contributed by atoms with Crippen LogP contribution in [0.2, 0.25) is 0 Å². The molecular weight excluding hydrogens is 120 g/mol. The molecule has 0 bridgehead atoms. The summed E-state index contributed by atoms with van der Waals surface area (Å²) in [6.07, 6.45) is 1.95. The zero-order chi connectivity index (χ0) is 7.11. The summed E-state index contributed by atoms with van der Waals surface area (Å²) in [7, 11) is 0. The number of rotatable bonds is 3. The minimum absolute atomic E-state index is 0.149. The zero-order valence-corrected chi connectivity index (χ0v) is 5.16. The lowest BCUT2D eigenvalue weighted by molar-refractivity contribution is 0.317. The van der Waals surface area contributed by atoms with Crippen LogP contribution in [0.4, 0.5) is 0 Å². The van der Waals surface area contributed by atoms with E-state index in [4.69, 9.17) is 5.21 Å². The lowest BCUT2D eigenvalue weighted by atomic mass is 10.3. The molecule has 0 saturated carbocycles. The van der Waals surface area contributed by atoms with Crippen LogP contribution in [0.3, 0.4) is 0 Å². The van der Waals surface area contributed by atoms with Crippen LogP contribution in [-0.4, -0.2) is 23.5 Å². The molecule has 0 heterocycles. The maximum Gasteiger partial charge on any atom is 0.235 e. The first-order chi connectivity index (χ1) is 4.35. The summed E-state index contributed by atoms with van der Waals surface area (Å²) in [5.74, 6) is 0. The first-order valence-electron chi connectivity index (χ1n) is 2.58. The summed E-state index contributed by atoms with van der Waals surface area (Å²) in [6, 6.07) is 0. The number of aliphatic imine (C=N–C) groups is 1. The van der Waals surface area contributed by atoms with E-state index in [1.165, 1.54) is 6.08 Å². The van der Waals surface area contributed by atoms with E-state index in [-0.39, 0.29) is 6.54 Å². The molecule has 0 spiro atoms. The Morgan fingerprint density at radius 2 is 2.44 bits per heavy atom. The summed E-state index contributed by atoms with van der Waals surface area (Å²) in [5.41, 5.74) is 0.485. The molecule has 0 aromatic rings. The third kappa shape index (κ3) is 3.43. The van der Waals surface area contributed by atoms with Crippen LogP contribution in [0.5, 0.6) is 0 Å². The summed E-state index contributed by atoms with van der Waals surface area (Å²) in [4.78, 5) is 12.7. The van der Waals surface area contributed by atoms with Crippen molar-refractivity contribution in [2.45, 2.75) is 13.3 Å². The molecule has 9 heavy (non-hydrogen) atoms. The fourth-order valence-electron chi connectivity index (χ4n) is 0.338. The summed E-state index contributed by atoms with van der Waals surface area (Å²) < 4.78 is 0. The minimum atomic E-state index is 0.149. The molecule has 0 aromatic carbocycles. The molecule has 4 nitrogen and oxygen atoms in total. The topological polar surface area (TPSA) is 62.0 Å². The van der Waals surface area contributed by atoms with E-state index in [0.29, 0.717) is 12.1 Å². The Labute approximate surface area is 52.9 Å². The van der Waals surface area contributed by atoms with E-state index in [1.54, 1.807) is 0 Å². The van der Waals surface area contributed by atoms with Gasteiger partial charge >= 0.3 is 0 Å². The molecule has 0 aromatic heterocycles. The average Bonchev–Trinajstić information content (AvgIpc) is 1.91. The lowest BCUT2D eigenvalue weighted by Crippen LogP contribution is -1.99. The summed E-state index contributed by atoms with van der Waals surface area (Å²) in [5, 5.41) is 11.0. The normalized spacial score (nSPS) is 10.6. The molecule has 0 radical (unpaired) electrons.